The maximum absolute atomic E-state index is 12.5. The summed E-state index contributed by atoms with van der Waals surface area (Å²) in [5, 5.41) is 15.8. The summed E-state index contributed by atoms with van der Waals surface area (Å²) in [6, 6.07) is 14.6. The number of carbonyl (C=O) groups excluding carboxylic acids is 1. The van der Waals surface area contributed by atoms with Gasteiger partial charge in [0.2, 0.25) is 5.88 Å². The summed E-state index contributed by atoms with van der Waals surface area (Å²) in [5.41, 5.74) is 3.39. The van der Waals surface area contributed by atoms with Gasteiger partial charge in [-0.05, 0) is 56.2 Å². The molecule has 1 amide bonds. The van der Waals surface area contributed by atoms with Crippen molar-refractivity contribution in [1.29, 1.82) is 0 Å². The van der Waals surface area contributed by atoms with Crippen LogP contribution in [0.1, 0.15) is 18.1 Å². The number of amides is 1. The molecule has 36 heavy (non-hydrogen) atoms. The number of nitrogens with zero attached hydrogens (tertiary/aromatic N) is 4. The Morgan fingerprint density at radius 3 is 2.64 bits per heavy atom. The number of hydrogen-bond acceptors (Lipinski definition) is 8. The van der Waals surface area contributed by atoms with E-state index in [4.69, 9.17) is 18.9 Å². The van der Waals surface area contributed by atoms with E-state index in [0.717, 1.165) is 11.1 Å². The highest BCUT2D eigenvalue weighted by molar-refractivity contribution is 5.80. The molecule has 0 bridgehead atoms. The van der Waals surface area contributed by atoms with Crippen molar-refractivity contribution in [3.8, 4) is 34.5 Å². The maximum Gasteiger partial charge on any atom is 0.260 e. The third kappa shape index (κ3) is 5.32. The number of aryl methyl sites for hydroxylation is 1. The van der Waals surface area contributed by atoms with Gasteiger partial charge >= 0.3 is 0 Å². The van der Waals surface area contributed by atoms with E-state index in [1.807, 2.05) is 44.2 Å². The molecule has 1 atom stereocenters. The van der Waals surface area contributed by atoms with Crippen molar-refractivity contribution in [3.63, 3.8) is 0 Å². The molecule has 4 rings (SSSR count). The Kier molecular flexibility index (Phi) is 7.53. The van der Waals surface area contributed by atoms with E-state index in [-0.39, 0.29) is 12.5 Å². The fraction of sp³-hybridized carbons (Fsp3) is 0.308. The van der Waals surface area contributed by atoms with E-state index in [0.29, 0.717) is 46.7 Å². The Morgan fingerprint density at radius 1 is 1.03 bits per heavy atom. The lowest BCUT2D eigenvalue weighted by Crippen LogP contribution is -2.38. The largest absolute Gasteiger partial charge is 0.497 e. The van der Waals surface area contributed by atoms with Gasteiger partial charge in [-0.15, -0.1) is 15.3 Å². The first-order valence-electron chi connectivity index (χ1n) is 11.5. The second kappa shape index (κ2) is 10.9. The van der Waals surface area contributed by atoms with Crippen LogP contribution in [-0.2, 0) is 4.79 Å². The highest BCUT2D eigenvalue weighted by atomic mass is 16.5. The first-order valence-corrected chi connectivity index (χ1v) is 11.5. The summed E-state index contributed by atoms with van der Waals surface area (Å²) in [6.45, 7) is 6.21. The minimum atomic E-state index is -0.640. The monoisotopic (exact) mass is 491 g/mol. The van der Waals surface area contributed by atoms with Crippen LogP contribution in [-0.4, -0.2) is 59.2 Å². The molecule has 0 aliphatic carbocycles. The van der Waals surface area contributed by atoms with E-state index >= 15 is 0 Å². The minimum Gasteiger partial charge on any atom is -0.497 e. The van der Waals surface area contributed by atoms with Crippen LogP contribution in [0.3, 0.4) is 0 Å². The zero-order chi connectivity index (χ0) is 25.7. The third-order valence-corrected chi connectivity index (χ3v) is 5.77. The summed E-state index contributed by atoms with van der Waals surface area (Å²) in [4.78, 5) is 12.5. The number of ether oxygens (including phenoxy) is 4. The van der Waals surface area contributed by atoms with E-state index in [9.17, 15) is 4.79 Å². The lowest BCUT2D eigenvalue weighted by Gasteiger charge is -2.17. The Bertz CT molecular complexity index is 1370. The molecule has 10 heteroatoms. The average molecular weight is 492 g/mol. The molecule has 10 nitrogen and oxygen atoms in total. The Hall–Kier alpha value is -4.34. The van der Waals surface area contributed by atoms with Crippen LogP contribution in [0.5, 0.6) is 23.1 Å². The quantitative estimate of drug-likeness (QED) is 0.336. The van der Waals surface area contributed by atoms with Gasteiger partial charge in [0.15, 0.2) is 17.6 Å². The van der Waals surface area contributed by atoms with E-state index in [1.54, 1.807) is 43.9 Å². The molecule has 2 heterocycles. The van der Waals surface area contributed by atoms with Crippen molar-refractivity contribution >= 4 is 11.6 Å². The maximum atomic E-state index is 12.5. The molecule has 0 radical (unpaired) electrons. The number of hydrogen-bond donors (Lipinski definition) is 1. The molecular formula is C26H29N5O5. The second-order valence-electron chi connectivity index (χ2n) is 8.13. The standard InChI is InChI=1S/C26H29N5O5/c1-16-7-6-8-21(17(16)2)36-18(3)26(32)27-13-14-35-24-12-11-23-28-29-25(31(23)30-24)20-10-9-19(33-4)15-22(20)34-5/h6-12,15,18H,13-14H2,1-5H3,(H,27,32). The van der Waals surface area contributed by atoms with Gasteiger partial charge in [-0.3, -0.25) is 4.79 Å². The smallest absolute Gasteiger partial charge is 0.260 e. The molecule has 188 valence electrons. The zero-order valence-corrected chi connectivity index (χ0v) is 20.9. The normalized spacial score (nSPS) is 11.7. The van der Waals surface area contributed by atoms with Gasteiger partial charge in [0.25, 0.3) is 5.91 Å². The molecule has 0 spiro atoms. The van der Waals surface area contributed by atoms with Crippen LogP contribution in [0.15, 0.2) is 48.5 Å². The second-order valence-corrected chi connectivity index (χ2v) is 8.13. The summed E-state index contributed by atoms with van der Waals surface area (Å²) >= 11 is 0. The molecule has 0 saturated heterocycles. The first-order chi connectivity index (χ1) is 17.4. The number of aromatic nitrogens is 4. The van der Waals surface area contributed by atoms with Crippen molar-refractivity contribution in [2.45, 2.75) is 26.9 Å². The zero-order valence-electron chi connectivity index (χ0n) is 20.9. The van der Waals surface area contributed by atoms with Crippen LogP contribution in [0.4, 0.5) is 0 Å². The summed E-state index contributed by atoms with van der Waals surface area (Å²) in [6.07, 6.45) is -0.640. The van der Waals surface area contributed by atoms with Crippen molar-refractivity contribution in [2.24, 2.45) is 0 Å². The molecule has 0 aliphatic rings. The summed E-state index contributed by atoms with van der Waals surface area (Å²) < 4.78 is 23.9. The SMILES string of the molecule is COc1ccc(-c2nnc3ccc(OCCNC(=O)C(C)Oc4cccc(C)c4C)nn23)c(OC)c1. The number of carbonyl (C=O) groups is 1. The van der Waals surface area contributed by atoms with Crippen molar-refractivity contribution in [2.75, 3.05) is 27.4 Å². The Labute approximate surface area is 209 Å². The molecular weight excluding hydrogens is 462 g/mol. The van der Waals surface area contributed by atoms with Crippen LogP contribution in [0.25, 0.3) is 17.0 Å². The average Bonchev–Trinajstić information content (AvgIpc) is 3.31. The number of fused-ring (bicyclic) bond motifs is 1. The topological polar surface area (TPSA) is 109 Å². The van der Waals surface area contributed by atoms with E-state index in [2.05, 4.69) is 20.6 Å². The predicted molar refractivity (Wildman–Crippen MR) is 134 cm³/mol. The number of nitrogens with one attached hydrogen (secondary N) is 1. The van der Waals surface area contributed by atoms with Gasteiger partial charge in [0.1, 0.15) is 23.9 Å². The van der Waals surface area contributed by atoms with E-state index < -0.39 is 6.10 Å². The van der Waals surface area contributed by atoms with Gasteiger partial charge < -0.3 is 24.3 Å². The highest BCUT2D eigenvalue weighted by Gasteiger charge is 2.17. The van der Waals surface area contributed by atoms with Crippen LogP contribution in [0, 0.1) is 13.8 Å². The number of rotatable bonds is 10. The molecule has 4 aromatic rings. The van der Waals surface area contributed by atoms with Crippen molar-refractivity contribution < 1.29 is 23.7 Å². The fourth-order valence-electron chi connectivity index (χ4n) is 3.57. The third-order valence-electron chi connectivity index (χ3n) is 5.77. The van der Waals surface area contributed by atoms with Crippen LogP contribution >= 0.6 is 0 Å². The van der Waals surface area contributed by atoms with Crippen LogP contribution < -0.4 is 24.3 Å². The summed E-state index contributed by atoms with van der Waals surface area (Å²) in [7, 11) is 3.17. The molecule has 2 aromatic carbocycles. The summed E-state index contributed by atoms with van der Waals surface area (Å²) in [5.74, 6) is 2.58. The first kappa shape index (κ1) is 24.8. The number of benzene rings is 2. The van der Waals surface area contributed by atoms with Gasteiger partial charge in [-0.25, -0.2) is 0 Å². The van der Waals surface area contributed by atoms with Gasteiger partial charge in [-0.1, -0.05) is 12.1 Å². The Morgan fingerprint density at radius 2 is 1.86 bits per heavy atom. The molecule has 1 N–H and O–H groups in total. The van der Waals surface area contributed by atoms with Crippen molar-refractivity contribution in [3.05, 3.63) is 59.7 Å². The molecule has 2 aromatic heterocycles. The lowest BCUT2D eigenvalue weighted by atomic mass is 10.1. The van der Waals surface area contributed by atoms with Gasteiger partial charge in [-0.2, -0.15) is 4.52 Å². The number of methoxy groups -OCH3 is 2. The highest BCUT2D eigenvalue weighted by Crippen LogP contribution is 2.32. The van der Waals surface area contributed by atoms with Crippen LogP contribution in [0.2, 0.25) is 0 Å². The van der Waals surface area contributed by atoms with Gasteiger partial charge in [0.05, 0.1) is 26.3 Å². The predicted octanol–water partition coefficient (Wildman–Crippen LogP) is 3.39. The molecule has 0 saturated carbocycles. The van der Waals surface area contributed by atoms with E-state index in [1.165, 1.54) is 0 Å². The van der Waals surface area contributed by atoms with Gasteiger partial charge in [0, 0.05) is 12.1 Å². The van der Waals surface area contributed by atoms with Crippen molar-refractivity contribution in [1.82, 2.24) is 25.1 Å². The molecule has 0 fully saturated rings. The molecule has 0 aliphatic heterocycles. The molecule has 1 unspecified atom stereocenters. The lowest BCUT2D eigenvalue weighted by molar-refractivity contribution is -0.127. The minimum absolute atomic E-state index is 0.226. The Balaban J connectivity index is 1.37. The fourth-order valence-corrected chi connectivity index (χ4v) is 3.57.